The van der Waals surface area contributed by atoms with Crippen LogP contribution in [-0.4, -0.2) is 27.9 Å². The largest absolute Gasteiger partial charge is 0.396 e. The van der Waals surface area contributed by atoms with E-state index < -0.39 is 17.5 Å². The third-order valence-corrected chi connectivity index (χ3v) is 4.29. The molecule has 0 spiro atoms. The van der Waals surface area contributed by atoms with Crippen LogP contribution in [0.25, 0.3) is 0 Å². The maximum Gasteiger partial charge on any atom is 0.321 e. The van der Waals surface area contributed by atoms with Crippen LogP contribution in [0.15, 0.2) is 17.5 Å². The highest BCUT2D eigenvalue weighted by atomic mass is 32.1. The molecule has 0 bridgehead atoms. The molecule has 0 aliphatic heterocycles. The van der Waals surface area contributed by atoms with E-state index in [1.54, 1.807) is 0 Å². The number of nitrogens with one attached hydrogen (secondary N) is 2. The predicted molar refractivity (Wildman–Crippen MR) is 75.8 cm³/mol. The quantitative estimate of drug-likeness (QED) is 0.758. The highest BCUT2D eigenvalue weighted by Gasteiger charge is 2.18. The number of aliphatic hydroxyl groups is 1. The summed E-state index contributed by atoms with van der Waals surface area (Å²) in [5.41, 5.74) is 0. The van der Waals surface area contributed by atoms with E-state index in [1.165, 1.54) is 11.3 Å². The Morgan fingerprint density at radius 3 is 2.81 bits per heavy atom. The Labute approximate surface area is 126 Å². The zero-order valence-electron chi connectivity index (χ0n) is 10.6. The number of aliphatic hydroxyl groups excluding tert-OH is 1. The number of thiophene rings is 1. The molecule has 0 unspecified atom stereocenters. The maximum absolute atomic E-state index is 12.4. The van der Waals surface area contributed by atoms with Crippen molar-refractivity contribution >= 4 is 33.8 Å². The molecule has 3 N–H and O–H groups in total. The summed E-state index contributed by atoms with van der Waals surface area (Å²) in [6, 6.07) is 2.74. The molecule has 21 heavy (non-hydrogen) atoms. The summed E-state index contributed by atoms with van der Waals surface area (Å²) in [6.45, 7) is -0.0861. The Kier molecular flexibility index (Phi) is 5.53. The van der Waals surface area contributed by atoms with Gasteiger partial charge in [-0.05, 0) is 17.9 Å². The first kappa shape index (κ1) is 15.7. The minimum Gasteiger partial charge on any atom is -0.396 e. The first-order valence-corrected chi connectivity index (χ1v) is 7.63. The molecule has 0 radical (unpaired) electrons. The molecule has 0 aromatic carbocycles. The third kappa shape index (κ3) is 4.41. The lowest BCUT2D eigenvalue weighted by atomic mass is 10.2. The number of amides is 2. The fraction of sp³-hybridized carbons (Fsp3) is 0.364. The fourth-order valence-corrected chi connectivity index (χ4v) is 2.98. The average Bonchev–Trinajstić information content (AvgIpc) is 3.09. The summed E-state index contributed by atoms with van der Waals surface area (Å²) in [4.78, 5) is 12.7. The Bertz CT molecular complexity index is 577. The van der Waals surface area contributed by atoms with E-state index in [9.17, 15) is 13.6 Å². The molecule has 0 saturated heterocycles. The van der Waals surface area contributed by atoms with Crippen LogP contribution >= 0.6 is 22.7 Å². The van der Waals surface area contributed by atoms with Crippen LogP contribution in [0, 0.1) is 0 Å². The van der Waals surface area contributed by atoms with E-state index in [1.807, 2.05) is 17.5 Å². The number of nitrogens with zero attached hydrogens (tertiary/aromatic N) is 2. The molecule has 0 aliphatic carbocycles. The minimum atomic E-state index is -2.71. The minimum absolute atomic E-state index is 0.00303. The Balaban J connectivity index is 1.95. The summed E-state index contributed by atoms with van der Waals surface area (Å²) in [5, 5.41) is 22.2. The van der Waals surface area contributed by atoms with Crippen LogP contribution < -0.4 is 10.6 Å². The number of carbonyl (C=O) groups is 1. The topological polar surface area (TPSA) is 87.1 Å². The number of aromatic nitrogens is 2. The van der Waals surface area contributed by atoms with Gasteiger partial charge >= 0.3 is 6.03 Å². The predicted octanol–water partition coefficient (Wildman–Crippen LogP) is 2.78. The number of alkyl halides is 2. The number of rotatable bonds is 6. The van der Waals surface area contributed by atoms with Crippen molar-refractivity contribution in [2.24, 2.45) is 0 Å². The van der Waals surface area contributed by atoms with Crippen LogP contribution in [0.2, 0.25) is 0 Å². The molecule has 0 fully saturated rings. The smallest absolute Gasteiger partial charge is 0.321 e. The molecular weight excluding hydrogens is 322 g/mol. The summed E-state index contributed by atoms with van der Waals surface area (Å²) >= 11 is 2.07. The van der Waals surface area contributed by atoms with Gasteiger partial charge in [0.05, 0.1) is 6.04 Å². The molecular formula is C11H12F2N4O2S2. The first-order valence-electron chi connectivity index (χ1n) is 5.93. The van der Waals surface area contributed by atoms with E-state index in [0.717, 1.165) is 4.88 Å². The van der Waals surface area contributed by atoms with Gasteiger partial charge in [0.1, 0.15) is 0 Å². The van der Waals surface area contributed by atoms with Crippen LogP contribution in [0.4, 0.5) is 18.7 Å². The van der Waals surface area contributed by atoms with Gasteiger partial charge in [0.15, 0.2) is 5.01 Å². The van der Waals surface area contributed by atoms with Crippen molar-refractivity contribution in [1.29, 1.82) is 0 Å². The molecule has 2 aromatic heterocycles. The summed E-state index contributed by atoms with van der Waals surface area (Å²) < 4.78 is 24.7. The molecule has 2 rings (SSSR count). The monoisotopic (exact) mass is 334 g/mol. The molecule has 114 valence electrons. The van der Waals surface area contributed by atoms with Crippen molar-refractivity contribution in [3.8, 4) is 0 Å². The van der Waals surface area contributed by atoms with Gasteiger partial charge in [0, 0.05) is 11.5 Å². The van der Waals surface area contributed by atoms with Gasteiger partial charge in [-0.1, -0.05) is 17.4 Å². The zero-order chi connectivity index (χ0) is 15.2. The van der Waals surface area contributed by atoms with Gasteiger partial charge in [0.25, 0.3) is 6.43 Å². The van der Waals surface area contributed by atoms with Gasteiger partial charge in [0.2, 0.25) is 5.13 Å². The van der Waals surface area contributed by atoms with E-state index in [0.29, 0.717) is 17.8 Å². The molecule has 1 atom stereocenters. The Morgan fingerprint density at radius 1 is 1.43 bits per heavy atom. The van der Waals surface area contributed by atoms with Gasteiger partial charge in [-0.2, -0.15) is 0 Å². The van der Waals surface area contributed by atoms with Crippen molar-refractivity contribution in [3.05, 3.63) is 27.4 Å². The standard InChI is InChI=1S/C11H12F2N4O2S2/c12-8(13)9-16-17-11(21-9)15-10(19)14-6(3-4-18)7-2-1-5-20-7/h1-2,5-6,8,18H,3-4H2,(H2,14,15,17,19)/t6-/m1/s1. The molecule has 2 heterocycles. The second-order valence-electron chi connectivity index (χ2n) is 3.92. The van der Waals surface area contributed by atoms with Crippen LogP contribution in [0.5, 0.6) is 0 Å². The van der Waals surface area contributed by atoms with Crippen molar-refractivity contribution < 1.29 is 18.7 Å². The zero-order valence-corrected chi connectivity index (χ0v) is 12.3. The second kappa shape index (κ2) is 7.38. The van der Waals surface area contributed by atoms with E-state index in [4.69, 9.17) is 5.11 Å². The van der Waals surface area contributed by atoms with Crippen molar-refractivity contribution in [3.63, 3.8) is 0 Å². The molecule has 6 nitrogen and oxygen atoms in total. The SMILES string of the molecule is O=C(Nc1nnc(C(F)F)s1)N[C@H](CCO)c1cccs1. The summed E-state index contributed by atoms with van der Waals surface area (Å²) in [5.74, 6) is 0. The molecule has 10 heteroatoms. The molecule has 2 aromatic rings. The number of halogens is 2. The average molecular weight is 334 g/mol. The third-order valence-electron chi connectivity index (χ3n) is 2.46. The van der Waals surface area contributed by atoms with Crippen molar-refractivity contribution in [2.75, 3.05) is 11.9 Å². The van der Waals surface area contributed by atoms with Gasteiger partial charge in [-0.3, -0.25) is 5.32 Å². The Morgan fingerprint density at radius 2 is 2.24 bits per heavy atom. The van der Waals surface area contributed by atoms with Crippen LogP contribution in [0.3, 0.4) is 0 Å². The lowest BCUT2D eigenvalue weighted by molar-refractivity contribution is 0.150. The van der Waals surface area contributed by atoms with Crippen molar-refractivity contribution in [2.45, 2.75) is 18.9 Å². The molecule has 2 amide bonds. The highest BCUT2D eigenvalue weighted by molar-refractivity contribution is 7.15. The van der Waals surface area contributed by atoms with Gasteiger partial charge in [-0.15, -0.1) is 21.5 Å². The van der Waals surface area contributed by atoms with Gasteiger partial charge < -0.3 is 10.4 Å². The van der Waals surface area contributed by atoms with Gasteiger partial charge in [-0.25, -0.2) is 13.6 Å². The highest BCUT2D eigenvalue weighted by Crippen LogP contribution is 2.25. The second-order valence-corrected chi connectivity index (χ2v) is 5.91. The van der Waals surface area contributed by atoms with E-state index >= 15 is 0 Å². The maximum atomic E-state index is 12.4. The van der Waals surface area contributed by atoms with Crippen molar-refractivity contribution in [1.82, 2.24) is 15.5 Å². The lowest BCUT2D eigenvalue weighted by Crippen LogP contribution is -2.32. The summed E-state index contributed by atoms with van der Waals surface area (Å²) in [6.07, 6.45) is -2.36. The number of anilines is 1. The van der Waals surface area contributed by atoms with Crippen LogP contribution in [0.1, 0.15) is 28.8 Å². The van der Waals surface area contributed by atoms with E-state index in [-0.39, 0.29) is 17.8 Å². The number of urea groups is 1. The van der Waals surface area contributed by atoms with E-state index in [2.05, 4.69) is 20.8 Å². The number of hydrogen-bond donors (Lipinski definition) is 3. The lowest BCUT2D eigenvalue weighted by Gasteiger charge is -2.16. The molecule has 0 aliphatic rings. The number of carbonyl (C=O) groups excluding carboxylic acids is 1. The normalized spacial score (nSPS) is 12.4. The number of hydrogen-bond acceptors (Lipinski definition) is 6. The fourth-order valence-electron chi connectivity index (χ4n) is 1.57. The summed E-state index contributed by atoms with van der Waals surface area (Å²) in [7, 11) is 0. The Hall–Kier alpha value is -1.65. The first-order chi connectivity index (χ1) is 10.1. The van der Waals surface area contributed by atoms with Crippen LogP contribution in [-0.2, 0) is 0 Å². The molecule has 0 saturated carbocycles.